The minimum atomic E-state index is -1.08. The van der Waals surface area contributed by atoms with Crippen molar-refractivity contribution in [1.29, 1.82) is 0 Å². The van der Waals surface area contributed by atoms with E-state index in [2.05, 4.69) is 37.1 Å². The van der Waals surface area contributed by atoms with Crippen LogP contribution in [0.3, 0.4) is 0 Å². The number of rotatable bonds is 8. The van der Waals surface area contributed by atoms with Crippen molar-refractivity contribution in [3.63, 3.8) is 0 Å². The number of hydrogen-bond acceptors (Lipinski definition) is 6. The molecule has 0 atom stereocenters. The molecule has 0 saturated heterocycles. The van der Waals surface area contributed by atoms with Crippen molar-refractivity contribution in [2.24, 2.45) is 5.10 Å². The number of hydrazone groups is 1. The van der Waals surface area contributed by atoms with E-state index < -0.39 is 17.6 Å². The summed E-state index contributed by atoms with van der Waals surface area (Å²) in [6, 6.07) is 15.7. The van der Waals surface area contributed by atoms with Gasteiger partial charge in [0.1, 0.15) is 5.82 Å². The van der Waals surface area contributed by atoms with Crippen molar-refractivity contribution in [2.75, 3.05) is 24.4 Å². The highest BCUT2D eigenvalue weighted by Gasteiger charge is 2.15. The SMILES string of the molecule is COc1cc(/C=N\NC(=O)C(=O)Nc2ccccc2F)ccc1OCC(=O)Nc1ccc(Br)c(C)c1. The van der Waals surface area contributed by atoms with E-state index in [1.165, 1.54) is 31.5 Å². The largest absolute Gasteiger partial charge is 0.493 e. The lowest BCUT2D eigenvalue weighted by Crippen LogP contribution is -2.32. The number of ether oxygens (including phenoxy) is 2. The summed E-state index contributed by atoms with van der Waals surface area (Å²) in [7, 11) is 1.43. The van der Waals surface area contributed by atoms with Crippen LogP contribution < -0.4 is 25.5 Å². The van der Waals surface area contributed by atoms with Gasteiger partial charge in [-0.1, -0.05) is 28.1 Å². The molecular weight excluding hydrogens is 535 g/mol. The maximum Gasteiger partial charge on any atom is 0.329 e. The Labute approximate surface area is 214 Å². The van der Waals surface area contributed by atoms with E-state index in [9.17, 15) is 18.8 Å². The second-order valence-electron chi connectivity index (χ2n) is 7.34. The van der Waals surface area contributed by atoms with E-state index in [-0.39, 0.29) is 18.2 Å². The van der Waals surface area contributed by atoms with Crippen molar-refractivity contribution in [3.8, 4) is 11.5 Å². The fraction of sp³-hybridized carbons (Fsp3) is 0.120. The number of para-hydroxylation sites is 1. The van der Waals surface area contributed by atoms with Crippen LogP contribution in [0.1, 0.15) is 11.1 Å². The first kappa shape index (κ1) is 26.4. The normalized spacial score (nSPS) is 10.6. The van der Waals surface area contributed by atoms with Gasteiger partial charge in [0.05, 0.1) is 19.0 Å². The van der Waals surface area contributed by atoms with E-state index in [0.29, 0.717) is 22.7 Å². The van der Waals surface area contributed by atoms with E-state index in [1.54, 1.807) is 24.3 Å². The number of nitrogens with zero attached hydrogens (tertiary/aromatic N) is 1. The summed E-state index contributed by atoms with van der Waals surface area (Å²) in [5, 5.41) is 8.63. The van der Waals surface area contributed by atoms with Crippen LogP contribution in [0.4, 0.5) is 15.8 Å². The van der Waals surface area contributed by atoms with E-state index in [0.717, 1.165) is 16.1 Å². The molecule has 0 fully saturated rings. The Morgan fingerprint density at radius 1 is 1.00 bits per heavy atom. The van der Waals surface area contributed by atoms with Gasteiger partial charge in [-0.15, -0.1) is 0 Å². The topological polar surface area (TPSA) is 118 Å². The highest BCUT2D eigenvalue weighted by molar-refractivity contribution is 9.10. The van der Waals surface area contributed by atoms with E-state index in [4.69, 9.17) is 9.47 Å². The van der Waals surface area contributed by atoms with Crippen molar-refractivity contribution in [1.82, 2.24) is 5.43 Å². The van der Waals surface area contributed by atoms with Gasteiger partial charge in [0.15, 0.2) is 18.1 Å². The number of carbonyl (C=O) groups is 3. The van der Waals surface area contributed by atoms with Gasteiger partial charge in [0.25, 0.3) is 5.91 Å². The number of benzene rings is 3. The van der Waals surface area contributed by atoms with Gasteiger partial charge in [0.2, 0.25) is 0 Å². The standard InChI is InChI=1S/C25H22BrFN4O5/c1-15-11-17(8-9-18(15)26)29-23(32)14-36-21-10-7-16(12-22(21)35-2)13-28-31-25(34)24(33)30-20-6-4-3-5-19(20)27/h3-13H,14H2,1-2H3,(H,29,32)(H,30,33)(H,31,34)/b28-13-. The lowest BCUT2D eigenvalue weighted by molar-refractivity contribution is -0.136. The fourth-order valence-electron chi connectivity index (χ4n) is 2.90. The lowest BCUT2D eigenvalue weighted by atomic mass is 10.2. The number of halogens is 2. The van der Waals surface area contributed by atoms with Gasteiger partial charge >= 0.3 is 11.8 Å². The molecule has 3 amide bonds. The zero-order chi connectivity index (χ0) is 26.1. The van der Waals surface area contributed by atoms with E-state index >= 15 is 0 Å². The maximum atomic E-state index is 13.6. The first-order valence-corrected chi connectivity index (χ1v) is 11.3. The molecule has 0 spiro atoms. The van der Waals surface area contributed by atoms with Crippen molar-refractivity contribution >= 4 is 51.2 Å². The summed E-state index contributed by atoms with van der Waals surface area (Å²) in [6.45, 7) is 1.67. The number of methoxy groups -OCH3 is 1. The quantitative estimate of drug-likeness (QED) is 0.220. The van der Waals surface area contributed by atoms with Crippen LogP contribution in [-0.4, -0.2) is 37.7 Å². The molecular formula is C25H22BrFN4O5. The molecule has 3 N–H and O–H groups in total. The van der Waals surface area contributed by atoms with Gasteiger partial charge in [0, 0.05) is 10.2 Å². The molecule has 0 heterocycles. The molecule has 0 aliphatic carbocycles. The van der Waals surface area contributed by atoms with Gasteiger partial charge in [-0.3, -0.25) is 14.4 Å². The second kappa shape index (κ2) is 12.5. The third-order valence-electron chi connectivity index (χ3n) is 4.70. The lowest BCUT2D eigenvalue weighted by Gasteiger charge is -2.12. The number of amides is 3. The predicted octanol–water partition coefficient (Wildman–Crippen LogP) is 4.01. The van der Waals surface area contributed by atoms with Crippen molar-refractivity contribution < 1.29 is 28.2 Å². The molecule has 36 heavy (non-hydrogen) atoms. The Balaban J connectivity index is 1.53. The van der Waals surface area contributed by atoms with Crippen molar-refractivity contribution in [2.45, 2.75) is 6.92 Å². The molecule has 3 rings (SSSR count). The molecule has 0 saturated carbocycles. The summed E-state index contributed by atoms with van der Waals surface area (Å²) in [4.78, 5) is 36.0. The molecule has 0 aliphatic heterocycles. The zero-order valence-corrected chi connectivity index (χ0v) is 20.9. The minimum absolute atomic E-state index is 0.123. The predicted molar refractivity (Wildman–Crippen MR) is 137 cm³/mol. The monoisotopic (exact) mass is 556 g/mol. The number of hydrogen-bond donors (Lipinski definition) is 3. The van der Waals surface area contributed by atoms with Gasteiger partial charge < -0.3 is 20.1 Å². The molecule has 0 aromatic heterocycles. The first-order chi connectivity index (χ1) is 17.3. The molecule has 9 nitrogen and oxygen atoms in total. The molecule has 3 aromatic rings. The Hall–Kier alpha value is -4.25. The average molecular weight is 557 g/mol. The molecule has 186 valence electrons. The number of carbonyl (C=O) groups excluding carboxylic acids is 3. The van der Waals surface area contributed by atoms with Crippen LogP contribution in [0, 0.1) is 12.7 Å². The third-order valence-corrected chi connectivity index (χ3v) is 5.59. The van der Waals surface area contributed by atoms with Crippen LogP contribution in [0.25, 0.3) is 0 Å². The summed E-state index contributed by atoms with van der Waals surface area (Å²) in [5.74, 6) is -2.51. The Kier molecular flexibility index (Phi) is 9.12. The zero-order valence-electron chi connectivity index (χ0n) is 19.3. The summed E-state index contributed by atoms with van der Waals surface area (Å²) in [5.41, 5.74) is 4.08. The highest BCUT2D eigenvalue weighted by Crippen LogP contribution is 2.27. The Morgan fingerprint density at radius 2 is 1.78 bits per heavy atom. The Morgan fingerprint density at radius 3 is 2.50 bits per heavy atom. The number of anilines is 2. The van der Waals surface area contributed by atoms with Crippen LogP contribution in [-0.2, 0) is 14.4 Å². The molecule has 0 bridgehead atoms. The number of aryl methyl sites for hydroxylation is 1. The molecule has 0 aliphatic rings. The Bertz CT molecular complexity index is 1320. The van der Waals surface area contributed by atoms with Gasteiger partial charge in [-0.2, -0.15) is 5.10 Å². The summed E-state index contributed by atoms with van der Waals surface area (Å²) in [6.07, 6.45) is 1.28. The average Bonchev–Trinajstić information content (AvgIpc) is 2.86. The van der Waals surface area contributed by atoms with E-state index in [1.807, 2.05) is 19.1 Å². The van der Waals surface area contributed by atoms with Crippen LogP contribution in [0.5, 0.6) is 11.5 Å². The van der Waals surface area contributed by atoms with Crippen LogP contribution >= 0.6 is 15.9 Å². The van der Waals surface area contributed by atoms with Crippen molar-refractivity contribution in [3.05, 3.63) is 82.1 Å². The fourth-order valence-corrected chi connectivity index (χ4v) is 3.15. The van der Waals surface area contributed by atoms with Gasteiger partial charge in [-0.25, -0.2) is 9.82 Å². The van der Waals surface area contributed by atoms with Crippen LogP contribution in [0.15, 0.2) is 70.2 Å². The second-order valence-corrected chi connectivity index (χ2v) is 8.20. The van der Waals surface area contributed by atoms with Crippen LogP contribution in [0.2, 0.25) is 0 Å². The third kappa shape index (κ3) is 7.37. The number of nitrogens with one attached hydrogen (secondary N) is 3. The first-order valence-electron chi connectivity index (χ1n) is 10.5. The maximum absolute atomic E-state index is 13.6. The molecule has 3 aromatic carbocycles. The molecule has 0 unspecified atom stereocenters. The summed E-state index contributed by atoms with van der Waals surface area (Å²) >= 11 is 3.41. The highest BCUT2D eigenvalue weighted by atomic mass is 79.9. The summed E-state index contributed by atoms with van der Waals surface area (Å²) < 4.78 is 25.4. The molecule has 0 radical (unpaired) electrons. The smallest absolute Gasteiger partial charge is 0.329 e. The van der Waals surface area contributed by atoms with Gasteiger partial charge in [-0.05, 0) is 66.6 Å². The molecule has 11 heteroatoms. The minimum Gasteiger partial charge on any atom is -0.493 e.